The van der Waals surface area contributed by atoms with Crippen molar-refractivity contribution >= 4 is 0 Å². The van der Waals surface area contributed by atoms with Crippen molar-refractivity contribution in [2.24, 2.45) is 17.2 Å². The first-order valence-corrected chi connectivity index (χ1v) is 8.33. The third-order valence-electron chi connectivity index (χ3n) is 3.47. The molecular weight excluding hydrogens is 264 g/mol. The van der Waals surface area contributed by atoms with Gasteiger partial charge < -0.3 is 22.1 Å². The highest BCUT2D eigenvalue weighted by Gasteiger charge is 2.08. The molecule has 0 atom stereocenters. The molecule has 0 saturated heterocycles. The topological polar surface area (TPSA) is 87.8 Å². The smallest absolute Gasteiger partial charge is 0.0500 e. The van der Waals surface area contributed by atoms with E-state index in [4.69, 9.17) is 17.2 Å². The van der Waals surface area contributed by atoms with Crippen molar-refractivity contribution in [2.45, 2.75) is 25.7 Å². The zero-order valence-electron chi connectivity index (χ0n) is 14.3. The summed E-state index contributed by atoms with van der Waals surface area (Å²) in [5, 5.41) is 0. The van der Waals surface area contributed by atoms with Gasteiger partial charge in [-0.15, -0.1) is 0 Å². The molecule has 0 aromatic carbocycles. The van der Waals surface area contributed by atoms with Crippen molar-refractivity contribution in [2.75, 3.05) is 73.1 Å². The van der Waals surface area contributed by atoms with Gasteiger partial charge in [0.1, 0.15) is 0 Å². The molecule has 0 rings (SSSR count). The van der Waals surface area contributed by atoms with Crippen molar-refractivity contribution in [3.05, 3.63) is 0 Å². The molecule has 0 aliphatic rings. The average molecular weight is 303 g/mol. The summed E-state index contributed by atoms with van der Waals surface area (Å²) in [7, 11) is 4.23. The van der Waals surface area contributed by atoms with E-state index in [9.17, 15) is 0 Å². The average Bonchev–Trinajstić information content (AvgIpc) is 2.46. The van der Waals surface area contributed by atoms with Crippen LogP contribution in [0.25, 0.3) is 0 Å². The molecule has 0 aliphatic heterocycles. The fourth-order valence-electron chi connectivity index (χ4n) is 2.45. The van der Waals surface area contributed by atoms with E-state index in [0.717, 1.165) is 78.3 Å². The maximum Gasteiger partial charge on any atom is 0.0500 e. The van der Waals surface area contributed by atoms with Crippen LogP contribution < -0.4 is 17.2 Å². The van der Waals surface area contributed by atoms with Crippen LogP contribution in [-0.4, -0.2) is 87.8 Å². The molecule has 0 aromatic rings. The standard InChI is InChI=1S/C15H38N6/c1-19(2)15-21(12-5-9-18)14-6-13-20(10-3-7-16)11-4-8-17/h3-18H2,1-2H3. The van der Waals surface area contributed by atoms with Crippen LogP contribution in [0.1, 0.15) is 25.7 Å². The van der Waals surface area contributed by atoms with Gasteiger partial charge in [0.15, 0.2) is 0 Å². The second-order valence-electron chi connectivity index (χ2n) is 5.96. The lowest BCUT2D eigenvalue weighted by molar-refractivity contribution is 0.162. The highest BCUT2D eigenvalue weighted by atomic mass is 15.3. The van der Waals surface area contributed by atoms with Gasteiger partial charge in [0.25, 0.3) is 0 Å². The predicted molar refractivity (Wildman–Crippen MR) is 92.2 cm³/mol. The van der Waals surface area contributed by atoms with Crippen LogP contribution in [0.4, 0.5) is 0 Å². The molecule has 6 heteroatoms. The summed E-state index contributed by atoms with van der Waals surface area (Å²) in [5.41, 5.74) is 16.9. The molecular formula is C15H38N6. The number of nitrogens with two attached hydrogens (primary N) is 3. The summed E-state index contributed by atoms with van der Waals surface area (Å²) in [5.74, 6) is 0. The van der Waals surface area contributed by atoms with E-state index in [2.05, 4.69) is 28.8 Å². The van der Waals surface area contributed by atoms with E-state index in [0.29, 0.717) is 0 Å². The predicted octanol–water partition coefficient (Wildman–Crippen LogP) is -0.454. The fourth-order valence-corrected chi connectivity index (χ4v) is 2.45. The van der Waals surface area contributed by atoms with Crippen molar-refractivity contribution in [3.8, 4) is 0 Å². The van der Waals surface area contributed by atoms with E-state index in [1.807, 2.05) is 0 Å². The lowest BCUT2D eigenvalue weighted by atomic mass is 10.2. The van der Waals surface area contributed by atoms with Crippen molar-refractivity contribution in [3.63, 3.8) is 0 Å². The van der Waals surface area contributed by atoms with E-state index >= 15 is 0 Å². The van der Waals surface area contributed by atoms with Crippen LogP contribution >= 0.6 is 0 Å². The third kappa shape index (κ3) is 13.2. The molecule has 0 spiro atoms. The van der Waals surface area contributed by atoms with Crippen LogP contribution in [0.2, 0.25) is 0 Å². The van der Waals surface area contributed by atoms with E-state index in [1.54, 1.807) is 0 Å². The summed E-state index contributed by atoms with van der Waals surface area (Å²) in [6.07, 6.45) is 4.39. The minimum absolute atomic E-state index is 0.766. The van der Waals surface area contributed by atoms with Gasteiger partial charge in [0.2, 0.25) is 0 Å². The Hall–Kier alpha value is -0.240. The zero-order chi connectivity index (χ0) is 15.9. The molecule has 0 bridgehead atoms. The van der Waals surface area contributed by atoms with Gasteiger partial charge in [-0.05, 0) is 79.0 Å². The largest absolute Gasteiger partial charge is 0.330 e. The van der Waals surface area contributed by atoms with Crippen LogP contribution in [0, 0.1) is 0 Å². The Balaban J connectivity index is 4.02. The monoisotopic (exact) mass is 302 g/mol. The van der Waals surface area contributed by atoms with Gasteiger partial charge in [-0.1, -0.05) is 0 Å². The molecule has 0 aromatic heterocycles. The molecule has 6 N–H and O–H groups in total. The minimum atomic E-state index is 0.766. The summed E-state index contributed by atoms with van der Waals surface area (Å²) in [4.78, 5) is 7.20. The SMILES string of the molecule is CN(C)CN(CCCN)CCCN(CCCN)CCCN. The van der Waals surface area contributed by atoms with Crippen LogP contribution in [0.15, 0.2) is 0 Å². The normalized spacial score (nSPS) is 12.0. The van der Waals surface area contributed by atoms with Crippen molar-refractivity contribution in [1.29, 1.82) is 0 Å². The molecule has 0 radical (unpaired) electrons. The van der Waals surface area contributed by atoms with Gasteiger partial charge in [-0.2, -0.15) is 0 Å². The number of nitrogens with zero attached hydrogens (tertiary/aromatic N) is 3. The summed E-state index contributed by atoms with van der Waals surface area (Å²) in [6.45, 7) is 8.83. The van der Waals surface area contributed by atoms with Crippen LogP contribution in [-0.2, 0) is 0 Å². The summed E-state index contributed by atoms with van der Waals surface area (Å²) >= 11 is 0. The molecule has 0 fully saturated rings. The molecule has 21 heavy (non-hydrogen) atoms. The number of rotatable bonds is 15. The van der Waals surface area contributed by atoms with Gasteiger partial charge in [0, 0.05) is 13.1 Å². The first-order valence-electron chi connectivity index (χ1n) is 8.33. The van der Waals surface area contributed by atoms with Gasteiger partial charge in [0.05, 0.1) is 6.67 Å². The van der Waals surface area contributed by atoms with E-state index in [1.165, 1.54) is 6.42 Å². The molecule has 0 saturated carbocycles. The molecule has 128 valence electrons. The summed E-state index contributed by atoms with van der Waals surface area (Å²) in [6, 6.07) is 0. The van der Waals surface area contributed by atoms with Crippen molar-refractivity contribution in [1.82, 2.24) is 14.7 Å². The zero-order valence-corrected chi connectivity index (χ0v) is 14.3. The van der Waals surface area contributed by atoms with Crippen LogP contribution in [0.5, 0.6) is 0 Å². The maximum absolute atomic E-state index is 5.62. The Labute approximate surface area is 131 Å². The lowest BCUT2D eigenvalue weighted by Gasteiger charge is -2.27. The Morgan fingerprint density at radius 2 is 0.952 bits per heavy atom. The van der Waals surface area contributed by atoms with Crippen LogP contribution in [0.3, 0.4) is 0 Å². The quantitative estimate of drug-likeness (QED) is 0.355. The number of hydrogen-bond donors (Lipinski definition) is 3. The number of hydrogen-bond acceptors (Lipinski definition) is 6. The van der Waals surface area contributed by atoms with Crippen molar-refractivity contribution < 1.29 is 0 Å². The minimum Gasteiger partial charge on any atom is -0.330 e. The second kappa shape index (κ2) is 14.7. The Bertz CT molecular complexity index is 204. The van der Waals surface area contributed by atoms with E-state index in [-0.39, 0.29) is 0 Å². The highest BCUT2D eigenvalue weighted by molar-refractivity contribution is 4.63. The molecule has 0 aliphatic carbocycles. The molecule has 0 amide bonds. The first kappa shape index (κ1) is 20.8. The fraction of sp³-hybridized carbons (Fsp3) is 1.00. The van der Waals surface area contributed by atoms with Gasteiger partial charge in [-0.25, -0.2) is 0 Å². The van der Waals surface area contributed by atoms with Gasteiger partial charge >= 0.3 is 0 Å². The summed E-state index contributed by atoms with van der Waals surface area (Å²) < 4.78 is 0. The Morgan fingerprint density at radius 3 is 1.38 bits per heavy atom. The Morgan fingerprint density at radius 1 is 0.571 bits per heavy atom. The molecule has 0 heterocycles. The first-order chi connectivity index (χ1) is 10.1. The highest BCUT2D eigenvalue weighted by Crippen LogP contribution is 2.00. The molecule has 6 nitrogen and oxygen atoms in total. The maximum atomic E-state index is 5.62. The van der Waals surface area contributed by atoms with Gasteiger partial charge in [-0.3, -0.25) is 9.80 Å². The Kier molecular flexibility index (Phi) is 14.5. The third-order valence-corrected chi connectivity index (χ3v) is 3.47. The molecule has 0 unspecified atom stereocenters. The second-order valence-corrected chi connectivity index (χ2v) is 5.96. The van der Waals surface area contributed by atoms with E-state index < -0.39 is 0 Å². The lowest BCUT2D eigenvalue weighted by Crippen LogP contribution is -2.37.